The van der Waals surface area contributed by atoms with Gasteiger partial charge in [0.25, 0.3) is 0 Å². The van der Waals surface area contributed by atoms with E-state index < -0.39 is 18.7 Å². The summed E-state index contributed by atoms with van der Waals surface area (Å²) in [6.45, 7) is 0.0385. The number of alkyl halides is 1. The Kier molecular flexibility index (Phi) is 5.50. The Morgan fingerprint density at radius 3 is 3.12 bits per heavy atom. The highest BCUT2D eigenvalue weighted by molar-refractivity contribution is 5.72. The van der Waals surface area contributed by atoms with Gasteiger partial charge in [-0.2, -0.15) is 0 Å². The molecule has 0 aromatic carbocycles. The van der Waals surface area contributed by atoms with E-state index in [0.717, 1.165) is 0 Å². The van der Waals surface area contributed by atoms with E-state index >= 15 is 0 Å². The third-order valence-electron chi connectivity index (χ3n) is 2.04. The monoisotopic (exact) mass is 245 g/mol. The van der Waals surface area contributed by atoms with Gasteiger partial charge < -0.3 is 15.6 Å². The average Bonchev–Trinajstić information content (AvgIpc) is 2.74. The van der Waals surface area contributed by atoms with Gasteiger partial charge in [0.2, 0.25) is 0 Å². The number of carbonyl (C=O) groups is 1. The minimum absolute atomic E-state index is 0.0246. The Balaban J connectivity index is 2.32. The minimum Gasteiger partial charge on any atom is -0.480 e. The Morgan fingerprint density at radius 2 is 2.47 bits per heavy atom. The third kappa shape index (κ3) is 4.87. The Labute approximate surface area is 97.4 Å². The zero-order valence-corrected chi connectivity index (χ0v) is 9.25. The first-order valence-corrected chi connectivity index (χ1v) is 5.14. The fourth-order valence-corrected chi connectivity index (χ4v) is 1.14. The number of carboxylic acids is 1. The van der Waals surface area contributed by atoms with Gasteiger partial charge in [0.15, 0.2) is 0 Å². The summed E-state index contributed by atoms with van der Waals surface area (Å²) < 4.78 is 18.2. The summed E-state index contributed by atoms with van der Waals surface area (Å²) in [6.07, 6.45) is 1.89. The standard InChI is InChI=1S/C9H15FN4O3/c10-2-4-17-6-7-5-14(13-12-7)3-1-8(11)9(15)16/h5,8H,1-4,6,11H2,(H,15,16)/i10-1. The van der Waals surface area contributed by atoms with E-state index in [0.29, 0.717) is 12.2 Å². The van der Waals surface area contributed by atoms with Crippen LogP contribution in [0.2, 0.25) is 0 Å². The fraction of sp³-hybridized carbons (Fsp3) is 0.667. The van der Waals surface area contributed by atoms with Crippen LogP contribution in [0.15, 0.2) is 6.20 Å². The second kappa shape index (κ2) is 6.92. The molecule has 1 aromatic heterocycles. The first-order valence-electron chi connectivity index (χ1n) is 5.14. The van der Waals surface area contributed by atoms with Gasteiger partial charge in [-0.15, -0.1) is 5.10 Å². The molecule has 8 heteroatoms. The lowest BCUT2D eigenvalue weighted by Crippen LogP contribution is -2.31. The molecule has 0 bridgehead atoms. The summed E-state index contributed by atoms with van der Waals surface area (Å²) in [6, 6.07) is -0.912. The van der Waals surface area contributed by atoms with Gasteiger partial charge in [0.1, 0.15) is 18.4 Å². The molecule has 0 amide bonds. The topological polar surface area (TPSA) is 103 Å². The lowest BCUT2D eigenvalue weighted by Gasteiger charge is -2.04. The highest BCUT2D eigenvalue weighted by atomic mass is 18.2. The van der Waals surface area contributed by atoms with Crippen molar-refractivity contribution in [1.29, 1.82) is 0 Å². The number of hydrogen-bond donors (Lipinski definition) is 2. The molecular formula is C9H15FN4O3. The number of aliphatic carboxylic acids is 1. The Hall–Kier alpha value is -1.54. The molecule has 1 unspecified atom stereocenters. The van der Waals surface area contributed by atoms with E-state index in [4.69, 9.17) is 15.6 Å². The van der Waals surface area contributed by atoms with Crippen molar-refractivity contribution < 1.29 is 19.0 Å². The van der Waals surface area contributed by atoms with Gasteiger partial charge in [-0.3, -0.25) is 9.48 Å². The van der Waals surface area contributed by atoms with Crippen molar-refractivity contribution in [1.82, 2.24) is 15.0 Å². The lowest BCUT2D eigenvalue weighted by atomic mass is 10.2. The maximum Gasteiger partial charge on any atom is 0.320 e. The molecule has 0 aliphatic carbocycles. The zero-order valence-electron chi connectivity index (χ0n) is 9.25. The van der Waals surface area contributed by atoms with Crippen LogP contribution in [-0.4, -0.2) is 45.4 Å². The maximum absolute atomic E-state index is 11.8. The lowest BCUT2D eigenvalue weighted by molar-refractivity contribution is -0.138. The predicted molar refractivity (Wildman–Crippen MR) is 55.9 cm³/mol. The van der Waals surface area contributed by atoms with Gasteiger partial charge in [0, 0.05) is 6.54 Å². The van der Waals surface area contributed by atoms with Gasteiger partial charge >= 0.3 is 5.97 Å². The Morgan fingerprint density at radius 1 is 1.71 bits per heavy atom. The molecular weight excluding hydrogens is 230 g/mol. The number of ether oxygens (including phenoxy) is 1. The molecule has 0 spiro atoms. The SMILES string of the molecule is NC(CCn1cc(COCC[18F])nn1)C(=O)O. The van der Waals surface area contributed by atoms with Gasteiger partial charge in [0.05, 0.1) is 19.4 Å². The van der Waals surface area contributed by atoms with Gasteiger partial charge in [-0.25, -0.2) is 4.39 Å². The molecule has 0 radical (unpaired) electrons. The van der Waals surface area contributed by atoms with Crippen LogP contribution in [0, 0.1) is 0 Å². The molecule has 0 aliphatic rings. The fourth-order valence-electron chi connectivity index (χ4n) is 1.14. The summed E-state index contributed by atoms with van der Waals surface area (Å²) in [4.78, 5) is 10.5. The summed E-state index contributed by atoms with van der Waals surface area (Å²) in [7, 11) is 0. The van der Waals surface area contributed by atoms with Crippen LogP contribution in [0.4, 0.5) is 4.39 Å². The number of rotatable bonds is 8. The molecule has 3 N–H and O–H groups in total. The summed E-state index contributed by atoms with van der Waals surface area (Å²) >= 11 is 0. The molecule has 0 aliphatic heterocycles. The van der Waals surface area contributed by atoms with Gasteiger partial charge in [-0.1, -0.05) is 5.21 Å². The molecule has 1 atom stereocenters. The minimum atomic E-state index is -1.04. The average molecular weight is 245 g/mol. The highest BCUT2D eigenvalue weighted by Crippen LogP contribution is 1.98. The number of hydrogen-bond acceptors (Lipinski definition) is 5. The van der Waals surface area contributed by atoms with Crippen LogP contribution in [0.5, 0.6) is 0 Å². The number of nitrogens with zero attached hydrogens (tertiary/aromatic N) is 3. The van der Waals surface area contributed by atoms with Crippen molar-refractivity contribution >= 4 is 5.97 Å². The van der Waals surface area contributed by atoms with E-state index in [1.165, 1.54) is 4.68 Å². The normalized spacial score (nSPS) is 12.6. The van der Waals surface area contributed by atoms with Crippen LogP contribution in [-0.2, 0) is 22.7 Å². The number of carboxylic acid groups (broad SMARTS) is 1. The summed E-state index contributed by atoms with van der Waals surface area (Å²) in [5.41, 5.74) is 5.91. The quantitative estimate of drug-likeness (QED) is 0.602. The first kappa shape index (κ1) is 13.5. The highest BCUT2D eigenvalue weighted by Gasteiger charge is 2.11. The van der Waals surface area contributed by atoms with Crippen LogP contribution in [0.1, 0.15) is 12.1 Å². The Bertz CT molecular complexity index is 358. The van der Waals surface area contributed by atoms with Crippen LogP contribution in [0.3, 0.4) is 0 Å². The van der Waals surface area contributed by atoms with Crippen molar-refractivity contribution in [2.75, 3.05) is 13.3 Å². The van der Waals surface area contributed by atoms with Crippen molar-refractivity contribution in [3.8, 4) is 0 Å². The van der Waals surface area contributed by atoms with E-state index in [2.05, 4.69) is 10.3 Å². The molecule has 0 fully saturated rings. The molecule has 0 saturated carbocycles. The molecule has 7 nitrogen and oxygen atoms in total. The number of halogens is 1. The second-order valence-electron chi connectivity index (χ2n) is 3.45. The number of aromatic nitrogens is 3. The molecule has 0 saturated heterocycles. The van der Waals surface area contributed by atoms with Crippen molar-refractivity contribution in [3.63, 3.8) is 0 Å². The van der Waals surface area contributed by atoms with Crippen LogP contribution in [0.25, 0.3) is 0 Å². The molecule has 1 aromatic rings. The summed E-state index contributed by atoms with van der Waals surface area (Å²) in [5.74, 6) is -1.04. The predicted octanol–water partition coefficient (Wildman–Crippen LogP) is -0.434. The number of nitrogens with two attached hydrogens (primary N) is 1. The third-order valence-corrected chi connectivity index (χ3v) is 2.04. The summed E-state index contributed by atoms with van der Waals surface area (Å²) in [5, 5.41) is 16.1. The van der Waals surface area contributed by atoms with Crippen molar-refractivity contribution in [2.45, 2.75) is 25.6 Å². The first-order chi connectivity index (χ1) is 8.13. The number of aryl methyl sites for hydroxylation is 1. The smallest absolute Gasteiger partial charge is 0.320 e. The molecule has 1 rings (SSSR count). The van der Waals surface area contributed by atoms with Crippen LogP contribution >= 0.6 is 0 Å². The molecule has 1 heterocycles. The molecule has 17 heavy (non-hydrogen) atoms. The second-order valence-corrected chi connectivity index (χ2v) is 3.45. The zero-order chi connectivity index (χ0) is 12.7. The van der Waals surface area contributed by atoms with E-state index in [-0.39, 0.29) is 19.6 Å². The van der Waals surface area contributed by atoms with Crippen molar-refractivity contribution in [3.05, 3.63) is 11.9 Å². The van der Waals surface area contributed by atoms with Gasteiger partial charge in [-0.05, 0) is 6.42 Å². The molecule has 96 valence electrons. The van der Waals surface area contributed by atoms with E-state index in [1.54, 1.807) is 6.20 Å². The van der Waals surface area contributed by atoms with Crippen molar-refractivity contribution in [2.24, 2.45) is 5.73 Å². The maximum atomic E-state index is 11.8. The largest absolute Gasteiger partial charge is 0.480 e. The van der Waals surface area contributed by atoms with E-state index in [1.807, 2.05) is 0 Å². The van der Waals surface area contributed by atoms with E-state index in [9.17, 15) is 9.18 Å². The van der Waals surface area contributed by atoms with Crippen LogP contribution < -0.4 is 5.73 Å².